The number of imidazole rings is 1. The first-order chi connectivity index (χ1) is 10.6. The highest BCUT2D eigenvalue weighted by molar-refractivity contribution is 6.00. The van der Waals surface area contributed by atoms with Crippen molar-refractivity contribution in [1.29, 1.82) is 0 Å². The highest BCUT2D eigenvalue weighted by Crippen LogP contribution is 2.20. The fourth-order valence-corrected chi connectivity index (χ4v) is 2.75. The number of piperidine rings is 1. The predicted molar refractivity (Wildman–Crippen MR) is 84.0 cm³/mol. The zero-order valence-electron chi connectivity index (χ0n) is 12.5. The van der Waals surface area contributed by atoms with E-state index in [1.165, 1.54) is 4.57 Å². The number of rotatable bonds is 4. The van der Waals surface area contributed by atoms with Crippen molar-refractivity contribution in [3.05, 3.63) is 28.7 Å². The molecule has 3 N–H and O–H groups in total. The minimum Gasteiger partial charge on any atom is -0.368 e. The number of nitrogens with one attached hydrogen (secondary N) is 3. The SMILES string of the molecule is Cn1c(=O)[nH]c2cccc(NC(=O)COC3CCNCC3)c21. The molecule has 0 atom stereocenters. The van der Waals surface area contributed by atoms with E-state index < -0.39 is 0 Å². The Balaban J connectivity index is 1.67. The van der Waals surface area contributed by atoms with Crippen molar-refractivity contribution in [3.63, 3.8) is 0 Å². The number of carbonyl (C=O) groups excluding carboxylic acids is 1. The summed E-state index contributed by atoms with van der Waals surface area (Å²) in [5.41, 5.74) is 1.78. The highest BCUT2D eigenvalue weighted by Gasteiger charge is 2.16. The number of hydrogen-bond acceptors (Lipinski definition) is 4. The fraction of sp³-hybridized carbons (Fsp3) is 0.467. The molecule has 1 fully saturated rings. The average molecular weight is 304 g/mol. The van der Waals surface area contributed by atoms with E-state index in [0.29, 0.717) is 16.7 Å². The van der Waals surface area contributed by atoms with Gasteiger partial charge in [-0.25, -0.2) is 4.79 Å². The second-order valence-electron chi connectivity index (χ2n) is 5.50. The van der Waals surface area contributed by atoms with Crippen LogP contribution in [0, 0.1) is 0 Å². The van der Waals surface area contributed by atoms with Crippen molar-refractivity contribution in [2.75, 3.05) is 25.0 Å². The normalized spacial score (nSPS) is 16.0. The molecule has 7 heteroatoms. The highest BCUT2D eigenvalue weighted by atomic mass is 16.5. The van der Waals surface area contributed by atoms with Gasteiger partial charge >= 0.3 is 5.69 Å². The minimum absolute atomic E-state index is 0.0272. The molecule has 22 heavy (non-hydrogen) atoms. The summed E-state index contributed by atoms with van der Waals surface area (Å²) in [5.74, 6) is -0.209. The molecule has 118 valence electrons. The molecule has 1 saturated heterocycles. The standard InChI is InChI=1S/C15H20N4O3/c1-19-14-11(3-2-4-12(14)18-15(19)21)17-13(20)9-22-10-5-7-16-8-6-10/h2-4,10,16H,5-9H2,1H3,(H,17,20)(H,18,21). The van der Waals surface area contributed by atoms with Crippen LogP contribution in [0.4, 0.5) is 5.69 Å². The molecule has 2 heterocycles. The first-order valence-corrected chi connectivity index (χ1v) is 7.45. The fourth-order valence-electron chi connectivity index (χ4n) is 2.75. The third kappa shape index (κ3) is 3.05. The number of carbonyl (C=O) groups is 1. The Kier molecular flexibility index (Phi) is 4.26. The molecule has 0 unspecified atom stereocenters. The van der Waals surface area contributed by atoms with Crippen molar-refractivity contribution >= 4 is 22.6 Å². The first-order valence-electron chi connectivity index (χ1n) is 7.45. The van der Waals surface area contributed by atoms with Crippen LogP contribution in [0.2, 0.25) is 0 Å². The number of benzene rings is 1. The van der Waals surface area contributed by atoms with Gasteiger partial charge in [0.2, 0.25) is 5.91 Å². The maximum atomic E-state index is 12.1. The van der Waals surface area contributed by atoms with Gasteiger partial charge in [0.15, 0.2) is 0 Å². The Hall–Kier alpha value is -2.12. The second-order valence-corrected chi connectivity index (χ2v) is 5.50. The lowest BCUT2D eigenvalue weighted by Gasteiger charge is -2.22. The van der Waals surface area contributed by atoms with Crippen LogP contribution in [-0.2, 0) is 16.6 Å². The molecule has 0 aliphatic carbocycles. The molecule has 0 saturated carbocycles. The molecule has 7 nitrogen and oxygen atoms in total. The van der Waals surface area contributed by atoms with Crippen LogP contribution in [0.1, 0.15) is 12.8 Å². The van der Waals surface area contributed by atoms with E-state index in [-0.39, 0.29) is 24.3 Å². The number of ether oxygens (including phenoxy) is 1. The molecule has 1 aliphatic rings. The van der Waals surface area contributed by atoms with Crippen LogP contribution < -0.4 is 16.3 Å². The second kappa shape index (κ2) is 6.33. The number of hydrogen-bond donors (Lipinski definition) is 3. The van der Waals surface area contributed by atoms with Crippen LogP contribution in [0.25, 0.3) is 11.0 Å². The number of nitrogens with zero attached hydrogens (tertiary/aromatic N) is 1. The van der Waals surface area contributed by atoms with E-state index in [1.807, 2.05) is 0 Å². The Morgan fingerprint density at radius 1 is 1.41 bits per heavy atom. The van der Waals surface area contributed by atoms with Gasteiger partial charge < -0.3 is 20.4 Å². The summed E-state index contributed by atoms with van der Waals surface area (Å²) in [6.45, 7) is 1.88. The summed E-state index contributed by atoms with van der Waals surface area (Å²) in [6, 6.07) is 5.37. The number of aryl methyl sites for hydroxylation is 1. The zero-order chi connectivity index (χ0) is 15.5. The van der Waals surface area contributed by atoms with Crippen molar-refractivity contribution in [3.8, 4) is 0 Å². The zero-order valence-corrected chi connectivity index (χ0v) is 12.5. The van der Waals surface area contributed by atoms with Crippen LogP contribution in [0.3, 0.4) is 0 Å². The van der Waals surface area contributed by atoms with Gasteiger partial charge in [-0.15, -0.1) is 0 Å². The lowest BCUT2D eigenvalue weighted by atomic mass is 10.1. The number of aromatic amines is 1. The van der Waals surface area contributed by atoms with Gasteiger partial charge in [-0.2, -0.15) is 0 Å². The Morgan fingerprint density at radius 3 is 2.95 bits per heavy atom. The molecular formula is C15H20N4O3. The average Bonchev–Trinajstić information content (AvgIpc) is 2.82. The monoisotopic (exact) mass is 304 g/mol. The molecule has 1 aromatic carbocycles. The van der Waals surface area contributed by atoms with Crippen molar-refractivity contribution in [2.24, 2.45) is 7.05 Å². The Morgan fingerprint density at radius 2 is 2.18 bits per heavy atom. The van der Waals surface area contributed by atoms with Gasteiger partial charge in [-0.05, 0) is 38.1 Å². The number of para-hydroxylation sites is 1. The van der Waals surface area contributed by atoms with E-state index >= 15 is 0 Å². The van der Waals surface area contributed by atoms with E-state index in [2.05, 4.69) is 15.6 Å². The lowest BCUT2D eigenvalue weighted by Crippen LogP contribution is -2.34. The van der Waals surface area contributed by atoms with Gasteiger partial charge in [0, 0.05) is 7.05 Å². The maximum Gasteiger partial charge on any atom is 0.326 e. The van der Waals surface area contributed by atoms with E-state index in [4.69, 9.17) is 4.74 Å². The number of H-pyrrole nitrogens is 1. The molecule has 0 radical (unpaired) electrons. The Labute approximate surface area is 127 Å². The molecule has 0 spiro atoms. The summed E-state index contributed by atoms with van der Waals surface area (Å²) in [4.78, 5) is 26.5. The van der Waals surface area contributed by atoms with Crippen LogP contribution in [0.15, 0.2) is 23.0 Å². The number of anilines is 1. The molecule has 1 aromatic heterocycles. The summed E-state index contributed by atoms with van der Waals surface area (Å²) >= 11 is 0. The summed E-state index contributed by atoms with van der Waals surface area (Å²) in [6.07, 6.45) is 1.99. The van der Waals surface area contributed by atoms with Crippen LogP contribution in [0.5, 0.6) is 0 Å². The molecule has 1 amide bonds. The van der Waals surface area contributed by atoms with Gasteiger partial charge in [-0.1, -0.05) is 6.07 Å². The predicted octanol–water partition coefficient (Wildman–Crippen LogP) is 0.574. The number of aromatic nitrogens is 2. The number of amides is 1. The van der Waals surface area contributed by atoms with E-state index in [9.17, 15) is 9.59 Å². The van der Waals surface area contributed by atoms with Crippen molar-refractivity contribution in [2.45, 2.75) is 18.9 Å². The maximum absolute atomic E-state index is 12.1. The quantitative estimate of drug-likeness (QED) is 0.771. The molecular weight excluding hydrogens is 284 g/mol. The topological polar surface area (TPSA) is 88.2 Å². The molecule has 1 aliphatic heterocycles. The third-order valence-corrected chi connectivity index (χ3v) is 3.93. The summed E-state index contributed by atoms with van der Waals surface area (Å²) in [7, 11) is 1.67. The van der Waals surface area contributed by atoms with Gasteiger partial charge in [0.05, 0.1) is 22.8 Å². The largest absolute Gasteiger partial charge is 0.368 e. The molecule has 0 bridgehead atoms. The smallest absolute Gasteiger partial charge is 0.326 e. The minimum atomic E-state index is -0.209. The lowest BCUT2D eigenvalue weighted by molar-refractivity contribution is -0.123. The number of fused-ring (bicyclic) bond motifs is 1. The van der Waals surface area contributed by atoms with Gasteiger partial charge in [0.1, 0.15) is 6.61 Å². The third-order valence-electron chi connectivity index (χ3n) is 3.93. The van der Waals surface area contributed by atoms with E-state index in [0.717, 1.165) is 25.9 Å². The van der Waals surface area contributed by atoms with Crippen molar-refractivity contribution in [1.82, 2.24) is 14.9 Å². The van der Waals surface area contributed by atoms with E-state index in [1.54, 1.807) is 25.2 Å². The van der Waals surface area contributed by atoms with Crippen LogP contribution in [-0.4, -0.2) is 41.3 Å². The molecule has 2 aromatic rings. The Bertz CT molecular complexity index is 728. The summed E-state index contributed by atoms with van der Waals surface area (Å²) < 4.78 is 7.12. The summed E-state index contributed by atoms with van der Waals surface area (Å²) in [5, 5.41) is 6.07. The van der Waals surface area contributed by atoms with Gasteiger partial charge in [-0.3, -0.25) is 9.36 Å². The van der Waals surface area contributed by atoms with Gasteiger partial charge in [0.25, 0.3) is 0 Å². The first kappa shape index (κ1) is 14.8. The van der Waals surface area contributed by atoms with Crippen molar-refractivity contribution < 1.29 is 9.53 Å². The molecule has 3 rings (SSSR count). The van der Waals surface area contributed by atoms with Crippen LogP contribution >= 0.6 is 0 Å².